The van der Waals surface area contributed by atoms with E-state index in [2.05, 4.69) is 19.2 Å². The maximum atomic E-state index is 11.3. The minimum Gasteiger partial charge on any atom is -0.444 e. The number of carbonyl (C=O) groups excluding carboxylic acids is 1. The molecule has 1 amide bonds. The van der Waals surface area contributed by atoms with Crippen LogP contribution in [0.5, 0.6) is 0 Å². The molecule has 0 aromatic rings. The Kier molecular flexibility index (Phi) is 7.19. The number of nitrogens with two attached hydrogens (primary N) is 1. The highest BCUT2D eigenvalue weighted by molar-refractivity contribution is 5.67. The predicted octanol–water partition coefficient (Wildman–Crippen LogP) is 2.66. The summed E-state index contributed by atoms with van der Waals surface area (Å²) in [4.78, 5) is 11.3. The fraction of sp³-hybridized carbons (Fsp3) is 0.923. The highest BCUT2D eigenvalue weighted by atomic mass is 16.6. The van der Waals surface area contributed by atoms with Crippen molar-refractivity contribution in [2.45, 2.75) is 65.5 Å². The Labute approximate surface area is 105 Å². The molecule has 0 fully saturated rings. The molecular formula is C13H28N2O2. The summed E-state index contributed by atoms with van der Waals surface area (Å²) >= 11 is 0. The lowest BCUT2D eigenvalue weighted by molar-refractivity contribution is 0.0526. The summed E-state index contributed by atoms with van der Waals surface area (Å²) in [6, 6.07) is 0.232. The van der Waals surface area contributed by atoms with Gasteiger partial charge in [-0.25, -0.2) is 4.79 Å². The van der Waals surface area contributed by atoms with Gasteiger partial charge in [-0.3, -0.25) is 0 Å². The molecule has 0 saturated heterocycles. The maximum absolute atomic E-state index is 11.3. The van der Waals surface area contributed by atoms with Crippen molar-refractivity contribution >= 4 is 6.09 Å². The fourth-order valence-electron chi connectivity index (χ4n) is 1.59. The molecule has 4 heteroatoms. The summed E-state index contributed by atoms with van der Waals surface area (Å²) in [5.41, 5.74) is 5.52. The number of hydrogen-bond donors (Lipinski definition) is 2. The lowest BCUT2D eigenvalue weighted by Crippen LogP contribution is -2.33. The molecule has 0 heterocycles. The van der Waals surface area contributed by atoms with Crippen molar-refractivity contribution in [1.82, 2.24) is 5.32 Å². The van der Waals surface area contributed by atoms with E-state index >= 15 is 0 Å². The quantitative estimate of drug-likeness (QED) is 0.706. The average Bonchev–Trinajstić information content (AvgIpc) is 2.08. The molecule has 0 spiro atoms. The molecule has 0 aliphatic rings. The molecule has 4 nitrogen and oxygen atoms in total. The molecule has 0 radical (unpaired) electrons. The Morgan fingerprint density at radius 3 is 2.41 bits per heavy atom. The van der Waals surface area contributed by atoms with E-state index in [9.17, 15) is 4.79 Å². The first-order valence-corrected chi connectivity index (χ1v) is 6.43. The second kappa shape index (κ2) is 7.54. The topological polar surface area (TPSA) is 64.3 Å². The molecule has 1 unspecified atom stereocenters. The Morgan fingerprint density at radius 1 is 1.35 bits per heavy atom. The predicted molar refractivity (Wildman–Crippen MR) is 70.9 cm³/mol. The van der Waals surface area contributed by atoms with E-state index < -0.39 is 5.60 Å². The van der Waals surface area contributed by atoms with Crippen LogP contribution in [-0.2, 0) is 4.74 Å². The highest BCUT2D eigenvalue weighted by Crippen LogP contribution is 2.08. The van der Waals surface area contributed by atoms with E-state index in [0.29, 0.717) is 12.5 Å². The van der Waals surface area contributed by atoms with E-state index in [-0.39, 0.29) is 12.1 Å². The van der Waals surface area contributed by atoms with Crippen molar-refractivity contribution in [3.05, 3.63) is 0 Å². The van der Waals surface area contributed by atoms with Crippen molar-refractivity contribution in [2.75, 3.05) is 6.54 Å². The molecule has 3 N–H and O–H groups in total. The van der Waals surface area contributed by atoms with Crippen LogP contribution in [0.15, 0.2) is 0 Å². The molecule has 17 heavy (non-hydrogen) atoms. The first-order chi connectivity index (χ1) is 7.70. The maximum Gasteiger partial charge on any atom is 0.407 e. The lowest BCUT2D eigenvalue weighted by Gasteiger charge is -2.20. The summed E-state index contributed by atoms with van der Waals surface area (Å²) in [6.07, 6.45) is 2.52. The Balaban J connectivity index is 3.55. The largest absolute Gasteiger partial charge is 0.444 e. The molecule has 0 aliphatic heterocycles. The molecular weight excluding hydrogens is 216 g/mol. The number of hydrogen-bond acceptors (Lipinski definition) is 3. The van der Waals surface area contributed by atoms with Crippen LogP contribution in [0.4, 0.5) is 4.79 Å². The van der Waals surface area contributed by atoms with Gasteiger partial charge in [-0.05, 0) is 46.0 Å². The molecule has 1 atom stereocenters. The van der Waals surface area contributed by atoms with E-state index in [0.717, 1.165) is 19.3 Å². The van der Waals surface area contributed by atoms with Crippen molar-refractivity contribution < 1.29 is 9.53 Å². The molecule has 0 aliphatic carbocycles. The average molecular weight is 244 g/mol. The van der Waals surface area contributed by atoms with Gasteiger partial charge in [0.05, 0.1) is 0 Å². The zero-order valence-electron chi connectivity index (χ0n) is 11.9. The number of amides is 1. The number of carbonyl (C=O) groups is 1. The monoisotopic (exact) mass is 244 g/mol. The third kappa shape index (κ3) is 11.5. The summed E-state index contributed by atoms with van der Waals surface area (Å²) in [7, 11) is 0. The van der Waals surface area contributed by atoms with Crippen molar-refractivity contribution in [3.8, 4) is 0 Å². The third-order valence-corrected chi connectivity index (χ3v) is 2.19. The Morgan fingerprint density at radius 2 is 1.94 bits per heavy atom. The number of nitrogens with one attached hydrogen (secondary N) is 1. The van der Waals surface area contributed by atoms with Crippen LogP contribution in [0.1, 0.15) is 53.9 Å². The number of alkyl carbamates (subject to hydrolysis) is 1. The van der Waals surface area contributed by atoms with Crippen molar-refractivity contribution in [1.29, 1.82) is 0 Å². The van der Waals surface area contributed by atoms with Gasteiger partial charge in [0.2, 0.25) is 0 Å². The summed E-state index contributed by atoms with van der Waals surface area (Å²) in [6.45, 7) is 10.5. The smallest absolute Gasteiger partial charge is 0.407 e. The van der Waals surface area contributed by atoms with Crippen molar-refractivity contribution in [3.63, 3.8) is 0 Å². The van der Waals surface area contributed by atoms with Gasteiger partial charge >= 0.3 is 6.09 Å². The van der Waals surface area contributed by atoms with Gasteiger partial charge in [0.15, 0.2) is 0 Å². The molecule has 0 aromatic heterocycles. The van der Waals surface area contributed by atoms with Crippen LogP contribution in [0.25, 0.3) is 0 Å². The van der Waals surface area contributed by atoms with E-state index in [1.54, 1.807) is 0 Å². The van der Waals surface area contributed by atoms with Crippen LogP contribution in [-0.4, -0.2) is 24.3 Å². The Bertz CT molecular complexity index is 222. The normalized spacial score (nSPS) is 13.6. The minimum absolute atomic E-state index is 0.232. The second-order valence-corrected chi connectivity index (χ2v) is 5.96. The highest BCUT2D eigenvalue weighted by Gasteiger charge is 2.15. The molecule has 0 saturated carbocycles. The third-order valence-electron chi connectivity index (χ3n) is 2.19. The van der Waals surface area contributed by atoms with Gasteiger partial charge in [-0.15, -0.1) is 0 Å². The van der Waals surface area contributed by atoms with Crippen LogP contribution in [0, 0.1) is 5.92 Å². The minimum atomic E-state index is -0.432. The van der Waals surface area contributed by atoms with Gasteiger partial charge < -0.3 is 15.8 Å². The SMILES string of the molecule is CC(C)CC(N)CCCNC(=O)OC(C)(C)C. The number of ether oxygens (including phenoxy) is 1. The summed E-state index contributed by atoms with van der Waals surface area (Å²) < 4.78 is 5.13. The molecule has 0 bridgehead atoms. The van der Waals surface area contributed by atoms with Crippen LogP contribution in [0.3, 0.4) is 0 Å². The van der Waals surface area contributed by atoms with Gasteiger partial charge in [-0.1, -0.05) is 13.8 Å². The Hall–Kier alpha value is -0.770. The number of rotatable bonds is 6. The van der Waals surface area contributed by atoms with Crippen LogP contribution < -0.4 is 11.1 Å². The van der Waals surface area contributed by atoms with Crippen LogP contribution >= 0.6 is 0 Å². The summed E-state index contributed by atoms with van der Waals surface area (Å²) in [5.74, 6) is 0.629. The van der Waals surface area contributed by atoms with E-state index in [1.165, 1.54) is 0 Å². The van der Waals surface area contributed by atoms with Crippen LogP contribution in [0.2, 0.25) is 0 Å². The summed E-state index contributed by atoms with van der Waals surface area (Å²) in [5, 5.41) is 2.73. The van der Waals surface area contributed by atoms with Gasteiger partial charge in [0.1, 0.15) is 5.60 Å². The first-order valence-electron chi connectivity index (χ1n) is 6.43. The first kappa shape index (κ1) is 16.2. The van der Waals surface area contributed by atoms with Crippen molar-refractivity contribution in [2.24, 2.45) is 11.7 Å². The second-order valence-electron chi connectivity index (χ2n) is 5.96. The molecule has 0 aromatic carbocycles. The van der Waals surface area contributed by atoms with E-state index in [4.69, 9.17) is 10.5 Å². The van der Waals surface area contributed by atoms with Gasteiger partial charge in [0.25, 0.3) is 0 Å². The standard InChI is InChI=1S/C13H28N2O2/c1-10(2)9-11(14)7-6-8-15-12(16)17-13(3,4)5/h10-11H,6-9,14H2,1-5H3,(H,15,16). The molecule has 0 rings (SSSR count). The fourth-order valence-corrected chi connectivity index (χ4v) is 1.59. The van der Waals surface area contributed by atoms with E-state index in [1.807, 2.05) is 20.8 Å². The zero-order valence-corrected chi connectivity index (χ0v) is 11.9. The zero-order chi connectivity index (χ0) is 13.5. The van der Waals surface area contributed by atoms with Gasteiger partial charge in [0, 0.05) is 12.6 Å². The molecule has 102 valence electrons. The lowest BCUT2D eigenvalue weighted by atomic mass is 10.0. The van der Waals surface area contributed by atoms with Gasteiger partial charge in [-0.2, -0.15) is 0 Å².